The fourth-order valence-electron chi connectivity index (χ4n) is 1.66. The topological polar surface area (TPSA) is 44.5 Å². The summed E-state index contributed by atoms with van der Waals surface area (Å²) in [6.45, 7) is 0.667. The predicted molar refractivity (Wildman–Crippen MR) is 57.7 cm³/mol. The van der Waals surface area contributed by atoms with E-state index < -0.39 is 0 Å². The summed E-state index contributed by atoms with van der Waals surface area (Å²) in [7, 11) is 1.64. The molecule has 2 rings (SSSR count). The van der Waals surface area contributed by atoms with Gasteiger partial charge in [0.15, 0.2) is 0 Å². The van der Waals surface area contributed by atoms with E-state index in [2.05, 4.69) is 15.9 Å². The average Bonchev–Trinajstić information content (AvgIpc) is 2.20. The molecule has 0 fully saturated rings. The number of ether oxygens (including phenoxy) is 2. The van der Waals surface area contributed by atoms with Crippen LogP contribution in [0.1, 0.15) is 18.0 Å². The Balaban J connectivity index is 2.58. The van der Waals surface area contributed by atoms with Crippen molar-refractivity contribution in [1.82, 2.24) is 0 Å². The fourth-order valence-corrected chi connectivity index (χ4v) is 2.12. The van der Waals surface area contributed by atoms with Crippen molar-refractivity contribution >= 4 is 15.9 Å². The van der Waals surface area contributed by atoms with E-state index in [1.54, 1.807) is 7.11 Å². The van der Waals surface area contributed by atoms with Crippen LogP contribution in [-0.2, 0) is 0 Å². The molecule has 76 valence electrons. The minimum absolute atomic E-state index is 0.00574. The third-order valence-corrected chi connectivity index (χ3v) is 3.00. The summed E-state index contributed by atoms with van der Waals surface area (Å²) in [6, 6.07) is 3.82. The van der Waals surface area contributed by atoms with Crippen molar-refractivity contribution in [3.05, 3.63) is 22.2 Å². The van der Waals surface area contributed by atoms with Gasteiger partial charge in [0.05, 0.1) is 23.8 Å². The maximum absolute atomic E-state index is 6.01. The smallest absolute Gasteiger partial charge is 0.141 e. The predicted octanol–water partition coefficient (Wildman–Crippen LogP) is 2.24. The van der Waals surface area contributed by atoms with Crippen molar-refractivity contribution in [2.45, 2.75) is 12.5 Å². The molecule has 1 atom stereocenters. The molecule has 1 aliphatic heterocycles. The standard InChI is InChI=1S/C10H12BrNO2/c1-13-8-3-2-6(11)10-9(8)7(12)4-5-14-10/h2-3,7H,4-5,12H2,1H3/t7-/m1/s1. The van der Waals surface area contributed by atoms with Gasteiger partial charge in [-0.05, 0) is 28.1 Å². The summed E-state index contributed by atoms with van der Waals surface area (Å²) in [5.41, 5.74) is 6.98. The van der Waals surface area contributed by atoms with Gasteiger partial charge in [0.25, 0.3) is 0 Å². The van der Waals surface area contributed by atoms with Crippen molar-refractivity contribution in [3.8, 4) is 11.5 Å². The molecule has 0 amide bonds. The lowest BCUT2D eigenvalue weighted by molar-refractivity contribution is 0.261. The van der Waals surface area contributed by atoms with Gasteiger partial charge in [-0.3, -0.25) is 0 Å². The molecule has 0 saturated carbocycles. The number of rotatable bonds is 1. The van der Waals surface area contributed by atoms with E-state index in [9.17, 15) is 0 Å². The molecule has 1 aromatic carbocycles. The number of methoxy groups -OCH3 is 1. The second-order valence-corrected chi connectivity index (χ2v) is 4.09. The van der Waals surface area contributed by atoms with Gasteiger partial charge in [0.2, 0.25) is 0 Å². The third kappa shape index (κ3) is 1.48. The van der Waals surface area contributed by atoms with Crippen molar-refractivity contribution < 1.29 is 9.47 Å². The van der Waals surface area contributed by atoms with Gasteiger partial charge in [-0.2, -0.15) is 0 Å². The Morgan fingerprint density at radius 3 is 3.07 bits per heavy atom. The van der Waals surface area contributed by atoms with E-state index in [1.165, 1.54) is 0 Å². The van der Waals surface area contributed by atoms with Crippen LogP contribution in [-0.4, -0.2) is 13.7 Å². The SMILES string of the molecule is COc1ccc(Br)c2c1[C@H](N)CCO2. The zero-order chi connectivity index (χ0) is 10.1. The first-order valence-electron chi connectivity index (χ1n) is 4.49. The van der Waals surface area contributed by atoms with E-state index in [-0.39, 0.29) is 6.04 Å². The molecule has 1 aromatic rings. The molecule has 0 aromatic heterocycles. The number of halogens is 1. The zero-order valence-corrected chi connectivity index (χ0v) is 9.50. The van der Waals surface area contributed by atoms with Crippen LogP contribution in [0.5, 0.6) is 11.5 Å². The van der Waals surface area contributed by atoms with Crippen LogP contribution in [0.25, 0.3) is 0 Å². The monoisotopic (exact) mass is 257 g/mol. The molecule has 1 heterocycles. The highest BCUT2D eigenvalue weighted by Crippen LogP contribution is 2.42. The van der Waals surface area contributed by atoms with E-state index in [0.29, 0.717) is 6.61 Å². The van der Waals surface area contributed by atoms with E-state index >= 15 is 0 Å². The molecule has 0 radical (unpaired) electrons. The highest BCUT2D eigenvalue weighted by molar-refractivity contribution is 9.10. The molecule has 4 heteroatoms. The van der Waals surface area contributed by atoms with E-state index in [0.717, 1.165) is 28.0 Å². The van der Waals surface area contributed by atoms with Gasteiger partial charge in [0, 0.05) is 12.5 Å². The molecule has 2 N–H and O–H groups in total. The summed E-state index contributed by atoms with van der Waals surface area (Å²) in [5.74, 6) is 1.62. The van der Waals surface area contributed by atoms with Crippen LogP contribution < -0.4 is 15.2 Å². The molecule has 0 aliphatic carbocycles. The van der Waals surface area contributed by atoms with Gasteiger partial charge in [-0.15, -0.1) is 0 Å². The van der Waals surface area contributed by atoms with Gasteiger partial charge < -0.3 is 15.2 Å². The molecule has 1 aliphatic rings. The molecular formula is C10H12BrNO2. The Morgan fingerprint density at radius 2 is 2.36 bits per heavy atom. The Hall–Kier alpha value is -0.740. The molecule has 0 unspecified atom stereocenters. The normalized spacial score (nSPS) is 19.8. The number of hydrogen-bond donors (Lipinski definition) is 1. The van der Waals surface area contributed by atoms with Gasteiger partial charge in [-0.25, -0.2) is 0 Å². The molecule has 14 heavy (non-hydrogen) atoms. The first-order chi connectivity index (χ1) is 6.74. The quantitative estimate of drug-likeness (QED) is 0.840. The van der Waals surface area contributed by atoms with E-state index in [4.69, 9.17) is 15.2 Å². The summed E-state index contributed by atoms with van der Waals surface area (Å²) < 4.78 is 11.8. The molecular weight excluding hydrogens is 246 g/mol. The van der Waals surface area contributed by atoms with Crippen molar-refractivity contribution in [1.29, 1.82) is 0 Å². The van der Waals surface area contributed by atoms with Crippen molar-refractivity contribution in [2.24, 2.45) is 5.73 Å². The largest absolute Gasteiger partial charge is 0.496 e. The number of nitrogens with two attached hydrogens (primary N) is 1. The average molecular weight is 258 g/mol. The van der Waals surface area contributed by atoms with Gasteiger partial charge in [0.1, 0.15) is 11.5 Å². The Labute approximate surface area is 91.3 Å². The highest BCUT2D eigenvalue weighted by Gasteiger charge is 2.24. The van der Waals surface area contributed by atoms with Crippen LogP contribution in [0.4, 0.5) is 0 Å². The Morgan fingerprint density at radius 1 is 1.57 bits per heavy atom. The second kappa shape index (κ2) is 3.79. The summed E-state index contributed by atoms with van der Waals surface area (Å²) in [6.07, 6.45) is 0.833. The summed E-state index contributed by atoms with van der Waals surface area (Å²) >= 11 is 3.44. The zero-order valence-electron chi connectivity index (χ0n) is 7.92. The Kier molecular flexibility index (Phi) is 2.65. The second-order valence-electron chi connectivity index (χ2n) is 3.24. The minimum atomic E-state index is 0.00574. The maximum Gasteiger partial charge on any atom is 0.141 e. The summed E-state index contributed by atoms with van der Waals surface area (Å²) in [4.78, 5) is 0. The number of hydrogen-bond acceptors (Lipinski definition) is 3. The van der Waals surface area contributed by atoms with Gasteiger partial charge >= 0.3 is 0 Å². The lowest BCUT2D eigenvalue weighted by Crippen LogP contribution is -2.21. The molecule has 0 spiro atoms. The van der Waals surface area contributed by atoms with Crippen LogP contribution in [0.15, 0.2) is 16.6 Å². The summed E-state index contributed by atoms with van der Waals surface area (Å²) in [5, 5.41) is 0. The van der Waals surface area contributed by atoms with Crippen LogP contribution in [0, 0.1) is 0 Å². The fraction of sp³-hybridized carbons (Fsp3) is 0.400. The van der Waals surface area contributed by atoms with Crippen LogP contribution in [0.3, 0.4) is 0 Å². The van der Waals surface area contributed by atoms with Crippen molar-refractivity contribution in [2.75, 3.05) is 13.7 Å². The lowest BCUT2D eigenvalue weighted by atomic mass is 10.0. The molecule has 3 nitrogen and oxygen atoms in total. The minimum Gasteiger partial charge on any atom is -0.496 e. The molecule has 0 bridgehead atoms. The van der Waals surface area contributed by atoms with E-state index in [1.807, 2.05) is 12.1 Å². The third-order valence-electron chi connectivity index (χ3n) is 2.37. The van der Waals surface area contributed by atoms with Crippen molar-refractivity contribution in [3.63, 3.8) is 0 Å². The number of fused-ring (bicyclic) bond motifs is 1. The highest BCUT2D eigenvalue weighted by atomic mass is 79.9. The first-order valence-corrected chi connectivity index (χ1v) is 5.28. The van der Waals surface area contributed by atoms with Crippen LogP contribution in [0.2, 0.25) is 0 Å². The maximum atomic E-state index is 6.01. The van der Waals surface area contributed by atoms with Crippen LogP contribution >= 0.6 is 15.9 Å². The molecule has 0 saturated heterocycles. The van der Waals surface area contributed by atoms with Gasteiger partial charge in [-0.1, -0.05) is 0 Å². The number of benzene rings is 1. The first kappa shape index (κ1) is 9.80. The lowest BCUT2D eigenvalue weighted by Gasteiger charge is -2.25. The Bertz CT molecular complexity index is 354.